The molecule has 138 valence electrons. The Morgan fingerprint density at radius 2 is 1.96 bits per heavy atom. The minimum Gasteiger partial charge on any atom is -0.594 e. The van der Waals surface area contributed by atoms with Crippen molar-refractivity contribution >= 4 is 28.6 Å². The van der Waals surface area contributed by atoms with E-state index in [4.69, 9.17) is 26.2 Å². The van der Waals surface area contributed by atoms with Crippen LogP contribution in [0.1, 0.15) is 6.92 Å². The van der Waals surface area contributed by atoms with Crippen molar-refractivity contribution in [2.24, 2.45) is 0 Å². The Kier molecular flexibility index (Phi) is 5.37. The quantitative estimate of drug-likeness (QED) is 0.393. The van der Waals surface area contributed by atoms with Crippen LogP contribution in [-0.4, -0.2) is 27.3 Å². The molecule has 8 nitrogen and oxygen atoms in total. The van der Waals surface area contributed by atoms with Gasteiger partial charge < -0.3 is 19.8 Å². The summed E-state index contributed by atoms with van der Waals surface area (Å²) in [5, 5.41) is 24.7. The van der Waals surface area contributed by atoms with Crippen molar-refractivity contribution < 1.29 is 24.2 Å². The zero-order valence-corrected chi connectivity index (χ0v) is 14.8. The molecule has 3 rings (SSSR count). The highest BCUT2D eigenvalue weighted by molar-refractivity contribution is 6.31. The van der Waals surface area contributed by atoms with Crippen LogP contribution in [0.5, 0.6) is 17.5 Å². The van der Waals surface area contributed by atoms with Crippen LogP contribution in [0.4, 0.5) is 0 Å². The lowest BCUT2D eigenvalue weighted by Crippen LogP contribution is -2.32. The van der Waals surface area contributed by atoms with Gasteiger partial charge in [0.05, 0.1) is 5.10 Å². The number of nitrogens with zero attached hydrogens (tertiary/aromatic N) is 3. The molecule has 0 aliphatic carbocycles. The first-order valence-corrected chi connectivity index (χ1v) is 8.21. The highest BCUT2D eigenvalue weighted by atomic mass is 35.5. The number of hydrogen-bond donors (Lipinski definition) is 1. The predicted octanol–water partition coefficient (Wildman–Crippen LogP) is 3.12. The molecular weight excluding hydrogens is 374 g/mol. The number of carbonyl (C=O) groups is 1. The molecule has 1 heterocycles. The van der Waals surface area contributed by atoms with E-state index in [1.165, 1.54) is 12.1 Å². The Morgan fingerprint density at radius 1 is 1.26 bits per heavy atom. The van der Waals surface area contributed by atoms with E-state index in [0.29, 0.717) is 26.9 Å². The maximum absolute atomic E-state index is 12.0. The number of benzene rings is 2. The zero-order valence-electron chi connectivity index (χ0n) is 14.1. The van der Waals surface area contributed by atoms with Gasteiger partial charge in [-0.3, -0.25) is 0 Å². The summed E-state index contributed by atoms with van der Waals surface area (Å²) in [5.74, 6) is -0.107. The van der Waals surface area contributed by atoms with Crippen LogP contribution in [-0.2, 0) is 4.79 Å². The molecule has 3 aromatic rings. The summed E-state index contributed by atoms with van der Waals surface area (Å²) in [6.45, 7) is 1.71. The van der Waals surface area contributed by atoms with Crippen LogP contribution >= 0.6 is 11.6 Å². The van der Waals surface area contributed by atoms with Gasteiger partial charge in [0.1, 0.15) is 23.1 Å². The molecule has 1 N–H and O–H groups in total. The molecule has 0 saturated heterocycles. The number of halogens is 1. The number of aromatic nitrogens is 3. The molecule has 0 bridgehead atoms. The van der Waals surface area contributed by atoms with Gasteiger partial charge in [-0.05, 0) is 54.2 Å². The molecule has 0 radical (unpaired) electrons. The van der Waals surface area contributed by atoms with Crippen LogP contribution in [0.25, 0.3) is 11.0 Å². The lowest BCUT2D eigenvalue weighted by atomic mass is 10.3. The number of rotatable bonds is 6. The molecule has 1 unspecified atom stereocenters. The second kappa shape index (κ2) is 7.88. The summed E-state index contributed by atoms with van der Waals surface area (Å²) in [7, 11) is 0. The fraction of sp³-hybridized carbons (Fsp3) is 0.111. The number of carboxylic acids is 1. The van der Waals surface area contributed by atoms with Gasteiger partial charge in [0.2, 0.25) is 0 Å². The normalized spacial score (nSPS) is 12.2. The number of aliphatic carboxylic acids is 1. The average Bonchev–Trinajstić information content (AvgIpc) is 2.62. The number of carboxylic acid groups (broad SMARTS) is 1. The summed E-state index contributed by atoms with van der Waals surface area (Å²) in [6, 6.07) is 11.1. The molecule has 0 aliphatic rings. The molecule has 27 heavy (non-hydrogen) atoms. The average molecular weight is 388 g/mol. The van der Waals surface area contributed by atoms with Crippen molar-refractivity contribution in [1.82, 2.24) is 10.1 Å². The topological polar surface area (TPSA) is 108 Å². The summed E-state index contributed by atoms with van der Waals surface area (Å²) in [6.07, 6.45) is 2.03. The second-order valence-electron chi connectivity index (χ2n) is 5.49. The van der Waals surface area contributed by atoms with Crippen LogP contribution in [0.15, 0.2) is 54.6 Å². The lowest BCUT2D eigenvalue weighted by molar-refractivity contribution is -0.643. The summed E-state index contributed by atoms with van der Waals surface area (Å²) < 4.78 is 11.1. The van der Waals surface area contributed by atoms with Gasteiger partial charge in [-0.15, -0.1) is 0 Å². The van der Waals surface area contributed by atoms with Crippen LogP contribution < -0.4 is 14.3 Å². The molecule has 9 heteroatoms. The molecule has 2 aromatic carbocycles. The van der Waals surface area contributed by atoms with Crippen molar-refractivity contribution in [2.75, 3.05) is 0 Å². The molecular formula is C18H14ClN3O5. The van der Waals surface area contributed by atoms with E-state index in [1.54, 1.807) is 43.3 Å². The molecule has 0 fully saturated rings. The van der Waals surface area contributed by atoms with Gasteiger partial charge in [-0.25, -0.2) is 4.79 Å². The molecule has 0 saturated carbocycles. The van der Waals surface area contributed by atoms with Crippen molar-refractivity contribution in [2.45, 2.75) is 13.0 Å². The largest absolute Gasteiger partial charge is 0.594 e. The Balaban J connectivity index is 1.72. The van der Waals surface area contributed by atoms with E-state index in [0.717, 1.165) is 6.08 Å². The lowest BCUT2D eigenvalue weighted by Gasteiger charge is -2.11. The first-order chi connectivity index (χ1) is 12.9. The van der Waals surface area contributed by atoms with Gasteiger partial charge in [-0.2, -0.15) is 4.98 Å². The maximum Gasteiger partial charge on any atom is 0.386 e. The van der Waals surface area contributed by atoms with Gasteiger partial charge in [-0.1, -0.05) is 11.6 Å². The van der Waals surface area contributed by atoms with Crippen molar-refractivity contribution in [3.8, 4) is 17.5 Å². The third-order valence-corrected chi connectivity index (χ3v) is 3.64. The third-order valence-electron chi connectivity index (χ3n) is 3.40. The van der Waals surface area contributed by atoms with E-state index in [-0.39, 0.29) is 11.5 Å². The van der Waals surface area contributed by atoms with E-state index in [1.807, 2.05) is 0 Å². The Labute approximate surface area is 158 Å². The standard InChI is InChI=1S/C18H14ClN3O5/c1-11(2-9-17(23)24)26-13-4-6-14(7-5-13)27-18-20-15-8-3-12(19)10-16(15)22(25)21-18/h2-11H,1H3,(H,23,24). The first kappa shape index (κ1) is 18.4. The van der Waals surface area contributed by atoms with Gasteiger partial charge in [0, 0.05) is 17.2 Å². The van der Waals surface area contributed by atoms with E-state index in [2.05, 4.69) is 10.1 Å². The van der Waals surface area contributed by atoms with E-state index < -0.39 is 12.1 Å². The number of ether oxygens (including phenoxy) is 2. The van der Waals surface area contributed by atoms with Crippen molar-refractivity contribution in [3.63, 3.8) is 0 Å². The predicted molar refractivity (Wildman–Crippen MR) is 96.9 cm³/mol. The minimum atomic E-state index is -1.04. The van der Waals surface area contributed by atoms with Crippen molar-refractivity contribution in [3.05, 3.63) is 64.8 Å². The molecule has 1 atom stereocenters. The third kappa shape index (κ3) is 4.83. The monoisotopic (exact) mass is 387 g/mol. The van der Waals surface area contributed by atoms with Crippen LogP contribution in [0, 0.1) is 5.21 Å². The Morgan fingerprint density at radius 3 is 2.67 bits per heavy atom. The SMILES string of the molecule is CC(C=CC(=O)O)Oc1ccc(Oc2nc3ccc(Cl)cc3[n+]([O-])n2)cc1. The molecule has 1 aromatic heterocycles. The van der Waals surface area contributed by atoms with Gasteiger partial charge in [0.25, 0.3) is 5.52 Å². The number of hydrogen-bond acceptors (Lipinski definition) is 6. The smallest absolute Gasteiger partial charge is 0.386 e. The molecule has 0 spiro atoms. The Hall–Kier alpha value is -3.39. The van der Waals surface area contributed by atoms with Crippen LogP contribution in [0.2, 0.25) is 5.02 Å². The molecule has 0 aliphatic heterocycles. The highest BCUT2D eigenvalue weighted by Gasteiger charge is 2.13. The highest BCUT2D eigenvalue weighted by Crippen LogP contribution is 2.23. The van der Waals surface area contributed by atoms with Gasteiger partial charge >= 0.3 is 12.0 Å². The number of fused-ring (bicyclic) bond motifs is 1. The second-order valence-corrected chi connectivity index (χ2v) is 5.93. The Bertz CT molecular complexity index is 1010. The van der Waals surface area contributed by atoms with Crippen LogP contribution in [0.3, 0.4) is 0 Å². The maximum atomic E-state index is 12.0. The summed E-state index contributed by atoms with van der Waals surface area (Å²) in [4.78, 5) is 15.1. The summed E-state index contributed by atoms with van der Waals surface area (Å²) in [5.41, 5.74) is 0.639. The van der Waals surface area contributed by atoms with Crippen molar-refractivity contribution in [1.29, 1.82) is 0 Å². The zero-order chi connectivity index (χ0) is 19.4. The first-order valence-electron chi connectivity index (χ1n) is 7.83. The molecule has 0 amide bonds. The fourth-order valence-corrected chi connectivity index (χ4v) is 2.37. The summed E-state index contributed by atoms with van der Waals surface area (Å²) >= 11 is 5.86. The van der Waals surface area contributed by atoms with E-state index in [9.17, 15) is 10.0 Å². The van der Waals surface area contributed by atoms with Gasteiger partial charge in [0.15, 0.2) is 0 Å². The minimum absolute atomic E-state index is 0.105. The fourth-order valence-electron chi connectivity index (χ4n) is 2.21. The van der Waals surface area contributed by atoms with E-state index >= 15 is 0 Å².